The van der Waals surface area contributed by atoms with Gasteiger partial charge in [0.2, 0.25) is 5.95 Å². The highest BCUT2D eigenvalue weighted by atomic mass is 16.2. The Labute approximate surface area is 154 Å². The van der Waals surface area contributed by atoms with Crippen LogP contribution in [0.3, 0.4) is 0 Å². The molecule has 1 aliphatic heterocycles. The molecule has 0 saturated carbocycles. The number of carbonyl (C=O) groups excluding carboxylic acids is 1. The second-order valence-corrected chi connectivity index (χ2v) is 6.82. The van der Waals surface area contributed by atoms with Crippen LogP contribution in [0.2, 0.25) is 0 Å². The van der Waals surface area contributed by atoms with Gasteiger partial charge in [0.15, 0.2) is 0 Å². The summed E-state index contributed by atoms with van der Waals surface area (Å²) in [4.78, 5) is 32.0. The van der Waals surface area contributed by atoms with Gasteiger partial charge in [0.1, 0.15) is 5.69 Å². The maximum atomic E-state index is 12.8. The molecule has 0 bridgehead atoms. The number of hydrogen-bond acceptors (Lipinski definition) is 6. The number of amides is 1. The van der Waals surface area contributed by atoms with E-state index < -0.39 is 0 Å². The minimum absolute atomic E-state index is 0.00705. The van der Waals surface area contributed by atoms with E-state index in [4.69, 9.17) is 0 Å². The quantitative estimate of drug-likeness (QED) is 0.805. The van der Waals surface area contributed by atoms with E-state index in [2.05, 4.69) is 26.9 Å². The molecule has 3 heterocycles. The molecule has 2 aromatic rings. The largest absolute Gasteiger partial charge is 0.344 e. The SMILES string of the molecule is Cc1cc(C(=O)N2CCN(C)CC2)nc(N(C)CCc2ccncc2)n1. The van der Waals surface area contributed by atoms with Crippen molar-refractivity contribution in [2.24, 2.45) is 0 Å². The van der Waals surface area contributed by atoms with Crippen LogP contribution in [0.25, 0.3) is 0 Å². The summed E-state index contributed by atoms with van der Waals surface area (Å²) in [5, 5.41) is 0. The Morgan fingerprint density at radius 3 is 2.54 bits per heavy atom. The molecular formula is C19H26N6O. The zero-order chi connectivity index (χ0) is 18.5. The second-order valence-electron chi connectivity index (χ2n) is 6.82. The third-order valence-electron chi connectivity index (χ3n) is 4.68. The summed E-state index contributed by atoms with van der Waals surface area (Å²) >= 11 is 0. The van der Waals surface area contributed by atoms with Crippen LogP contribution in [-0.4, -0.2) is 77.5 Å². The minimum atomic E-state index is -0.00705. The molecule has 1 fully saturated rings. The van der Waals surface area contributed by atoms with E-state index in [0.717, 1.165) is 44.8 Å². The standard InChI is InChI=1S/C19H26N6O/c1-15-14-17(18(26)25-12-10-23(2)11-13-25)22-19(21-15)24(3)9-6-16-4-7-20-8-5-16/h4-5,7-8,14H,6,9-13H2,1-3H3. The number of carbonyl (C=O) groups is 1. The molecule has 1 aliphatic rings. The molecule has 0 radical (unpaired) electrons. The molecule has 7 nitrogen and oxygen atoms in total. The van der Waals surface area contributed by atoms with Crippen molar-refractivity contribution in [1.82, 2.24) is 24.8 Å². The van der Waals surface area contributed by atoms with Gasteiger partial charge in [-0.2, -0.15) is 0 Å². The average molecular weight is 354 g/mol. The molecule has 3 rings (SSSR count). The van der Waals surface area contributed by atoms with Crippen molar-refractivity contribution < 1.29 is 4.79 Å². The van der Waals surface area contributed by atoms with Gasteiger partial charge in [-0.1, -0.05) is 0 Å². The molecule has 0 unspecified atom stereocenters. The second kappa shape index (κ2) is 8.23. The van der Waals surface area contributed by atoms with Crippen molar-refractivity contribution in [2.75, 3.05) is 51.7 Å². The monoisotopic (exact) mass is 354 g/mol. The first-order chi connectivity index (χ1) is 12.5. The predicted molar refractivity (Wildman–Crippen MR) is 101 cm³/mol. The van der Waals surface area contributed by atoms with Gasteiger partial charge in [-0.25, -0.2) is 9.97 Å². The van der Waals surface area contributed by atoms with Crippen molar-refractivity contribution in [3.63, 3.8) is 0 Å². The first-order valence-electron chi connectivity index (χ1n) is 8.96. The maximum Gasteiger partial charge on any atom is 0.272 e. The number of anilines is 1. The summed E-state index contributed by atoms with van der Waals surface area (Å²) in [6.07, 6.45) is 4.47. The summed E-state index contributed by atoms with van der Waals surface area (Å²) in [5.74, 6) is 0.587. The Kier molecular flexibility index (Phi) is 5.78. The highest BCUT2D eigenvalue weighted by Crippen LogP contribution is 2.13. The molecule has 0 aromatic carbocycles. The van der Waals surface area contributed by atoms with Crippen LogP contribution in [0.1, 0.15) is 21.7 Å². The predicted octanol–water partition coefficient (Wildman–Crippen LogP) is 1.25. The molecular weight excluding hydrogens is 328 g/mol. The lowest BCUT2D eigenvalue weighted by Crippen LogP contribution is -2.47. The summed E-state index contributed by atoms with van der Waals surface area (Å²) in [5.41, 5.74) is 2.50. The number of aromatic nitrogens is 3. The Bertz CT molecular complexity index is 743. The minimum Gasteiger partial charge on any atom is -0.344 e. The molecule has 1 amide bonds. The summed E-state index contributed by atoms with van der Waals surface area (Å²) in [6.45, 7) is 5.96. The van der Waals surface area contributed by atoms with Gasteiger partial charge in [-0.15, -0.1) is 0 Å². The van der Waals surface area contributed by atoms with Crippen molar-refractivity contribution in [1.29, 1.82) is 0 Å². The molecule has 26 heavy (non-hydrogen) atoms. The molecule has 7 heteroatoms. The number of nitrogens with zero attached hydrogens (tertiary/aromatic N) is 6. The molecule has 1 saturated heterocycles. The first-order valence-corrected chi connectivity index (χ1v) is 8.96. The van der Waals surface area contributed by atoms with E-state index in [1.165, 1.54) is 5.56 Å². The van der Waals surface area contributed by atoms with Crippen LogP contribution in [0, 0.1) is 6.92 Å². The topological polar surface area (TPSA) is 65.5 Å². The molecule has 2 aromatic heterocycles. The molecule has 138 valence electrons. The molecule has 0 N–H and O–H groups in total. The number of pyridine rings is 1. The number of likely N-dealkylation sites (N-methyl/N-ethyl adjacent to an activating group) is 2. The average Bonchev–Trinajstić information content (AvgIpc) is 2.66. The number of rotatable bonds is 5. The number of piperazine rings is 1. The number of hydrogen-bond donors (Lipinski definition) is 0. The Hall–Kier alpha value is -2.54. The summed E-state index contributed by atoms with van der Waals surface area (Å²) in [7, 11) is 4.03. The fraction of sp³-hybridized carbons (Fsp3) is 0.474. The maximum absolute atomic E-state index is 12.8. The number of aryl methyl sites for hydroxylation is 1. The molecule has 0 aliphatic carbocycles. The van der Waals surface area contributed by atoms with E-state index in [1.807, 2.05) is 35.9 Å². The lowest BCUT2D eigenvalue weighted by atomic mass is 10.2. The van der Waals surface area contributed by atoms with E-state index in [9.17, 15) is 4.79 Å². The normalized spacial score (nSPS) is 15.1. The lowest BCUT2D eigenvalue weighted by Gasteiger charge is -2.32. The van der Waals surface area contributed by atoms with Crippen LogP contribution in [-0.2, 0) is 6.42 Å². The third-order valence-corrected chi connectivity index (χ3v) is 4.68. The Morgan fingerprint density at radius 1 is 1.15 bits per heavy atom. The molecule has 0 atom stereocenters. The fourth-order valence-electron chi connectivity index (χ4n) is 2.95. The van der Waals surface area contributed by atoms with Gasteiger partial charge in [-0.05, 0) is 44.2 Å². The lowest BCUT2D eigenvalue weighted by molar-refractivity contribution is 0.0658. The van der Waals surface area contributed by atoms with E-state index >= 15 is 0 Å². The fourth-order valence-corrected chi connectivity index (χ4v) is 2.95. The van der Waals surface area contributed by atoms with Crippen LogP contribution in [0.5, 0.6) is 0 Å². The first kappa shape index (κ1) is 18.3. The van der Waals surface area contributed by atoms with Gasteiger partial charge in [0.05, 0.1) is 0 Å². The van der Waals surface area contributed by atoms with Gasteiger partial charge in [0, 0.05) is 57.9 Å². The smallest absolute Gasteiger partial charge is 0.272 e. The van der Waals surface area contributed by atoms with Gasteiger partial charge < -0.3 is 14.7 Å². The van der Waals surface area contributed by atoms with Crippen LogP contribution in [0.15, 0.2) is 30.6 Å². The zero-order valence-corrected chi connectivity index (χ0v) is 15.7. The Balaban J connectivity index is 1.69. The van der Waals surface area contributed by atoms with Crippen molar-refractivity contribution in [2.45, 2.75) is 13.3 Å². The highest BCUT2D eigenvalue weighted by molar-refractivity contribution is 5.92. The summed E-state index contributed by atoms with van der Waals surface area (Å²) in [6, 6.07) is 5.79. The van der Waals surface area contributed by atoms with Gasteiger partial charge in [-0.3, -0.25) is 9.78 Å². The highest BCUT2D eigenvalue weighted by Gasteiger charge is 2.22. The zero-order valence-electron chi connectivity index (χ0n) is 15.7. The third kappa shape index (κ3) is 4.54. The van der Waals surface area contributed by atoms with Crippen LogP contribution in [0.4, 0.5) is 5.95 Å². The van der Waals surface area contributed by atoms with E-state index in [-0.39, 0.29) is 5.91 Å². The van der Waals surface area contributed by atoms with Gasteiger partial charge >= 0.3 is 0 Å². The van der Waals surface area contributed by atoms with E-state index in [1.54, 1.807) is 18.5 Å². The Morgan fingerprint density at radius 2 is 1.85 bits per heavy atom. The van der Waals surface area contributed by atoms with Crippen molar-refractivity contribution in [3.8, 4) is 0 Å². The van der Waals surface area contributed by atoms with Crippen molar-refractivity contribution >= 4 is 11.9 Å². The van der Waals surface area contributed by atoms with Gasteiger partial charge in [0.25, 0.3) is 5.91 Å². The van der Waals surface area contributed by atoms with Crippen LogP contribution >= 0.6 is 0 Å². The van der Waals surface area contributed by atoms with Crippen LogP contribution < -0.4 is 4.90 Å². The summed E-state index contributed by atoms with van der Waals surface area (Å²) < 4.78 is 0. The van der Waals surface area contributed by atoms with E-state index in [0.29, 0.717) is 11.6 Å². The van der Waals surface area contributed by atoms with Crippen molar-refractivity contribution in [3.05, 3.63) is 47.5 Å². The molecule has 0 spiro atoms.